The van der Waals surface area contributed by atoms with Crippen LogP contribution in [0.5, 0.6) is 0 Å². The summed E-state index contributed by atoms with van der Waals surface area (Å²) in [6.07, 6.45) is 8.94. The lowest BCUT2D eigenvalue weighted by Crippen LogP contribution is -2.57. The second kappa shape index (κ2) is 4.68. The van der Waals surface area contributed by atoms with E-state index in [-0.39, 0.29) is 23.3 Å². The minimum atomic E-state index is -0.919. The van der Waals surface area contributed by atoms with Crippen molar-refractivity contribution in [3.05, 3.63) is 0 Å². The first-order valence-corrected chi connectivity index (χ1v) is 7.78. The fourth-order valence-corrected chi connectivity index (χ4v) is 4.83. The Kier molecular flexibility index (Phi) is 3.31. The van der Waals surface area contributed by atoms with Crippen LogP contribution >= 0.6 is 11.6 Å². The Hall–Kier alpha value is -0.280. The zero-order valence-corrected chi connectivity index (χ0v) is 11.6. The summed E-state index contributed by atoms with van der Waals surface area (Å²) in [5.41, 5.74) is 5.19. The van der Waals surface area contributed by atoms with Crippen molar-refractivity contribution >= 4 is 17.4 Å². The fourth-order valence-electron chi connectivity index (χ4n) is 4.31. The van der Waals surface area contributed by atoms with Crippen LogP contribution in [0.15, 0.2) is 4.99 Å². The fraction of sp³-hybridized carbons (Fsp3) is 0.929. The second-order valence-corrected chi connectivity index (χ2v) is 6.78. The summed E-state index contributed by atoms with van der Waals surface area (Å²) in [7, 11) is 0. The smallest absolute Gasteiger partial charge is 0.130 e. The molecule has 18 heavy (non-hydrogen) atoms. The van der Waals surface area contributed by atoms with E-state index in [2.05, 4.69) is 4.99 Å². The minimum Gasteiger partial charge on any atom is -0.385 e. The quantitative estimate of drug-likeness (QED) is 0.719. The number of aliphatic imine (C=N–C) groups is 1. The molecule has 1 heterocycles. The molecule has 4 heteroatoms. The molecule has 3 nitrogen and oxygen atoms in total. The molecule has 0 aromatic carbocycles. The van der Waals surface area contributed by atoms with Crippen LogP contribution in [0, 0.1) is 11.8 Å². The highest BCUT2D eigenvalue weighted by molar-refractivity contribution is 6.21. The molecule has 102 valence electrons. The van der Waals surface area contributed by atoms with Gasteiger partial charge in [-0.2, -0.15) is 0 Å². The SMILES string of the molecule is NC1=NC2CCCC(Cl)C2C1(O)C1CCCCC1. The molecule has 0 amide bonds. The number of nitrogens with two attached hydrogens (primary N) is 1. The molecule has 2 saturated carbocycles. The molecule has 2 fully saturated rings. The maximum absolute atomic E-state index is 11.2. The predicted octanol–water partition coefficient (Wildman–Crippen LogP) is 2.44. The molecule has 1 aliphatic heterocycles. The number of fused-ring (bicyclic) bond motifs is 1. The van der Waals surface area contributed by atoms with Crippen molar-refractivity contribution in [2.75, 3.05) is 0 Å². The van der Waals surface area contributed by atoms with E-state index in [0.29, 0.717) is 5.84 Å². The Balaban J connectivity index is 1.90. The van der Waals surface area contributed by atoms with E-state index in [4.69, 9.17) is 17.3 Å². The van der Waals surface area contributed by atoms with Crippen LogP contribution in [0.4, 0.5) is 0 Å². The van der Waals surface area contributed by atoms with Crippen molar-refractivity contribution in [3.8, 4) is 0 Å². The van der Waals surface area contributed by atoms with Gasteiger partial charge in [-0.05, 0) is 38.0 Å². The van der Waals surface area contributed by atoms with E-state index >= 15 is 0 Å². The van der Waals surface area contributed by atoms with Gasteiger partial charge in [-0.25, -0.2) is 0 Å². The lowest BCUT2D eigenvalue weighted by atomic mass is 9.66. The van der Waals surface area contributed by atoms with Crippen LogP contribution in [0.25, 0.3) is 0 Å². The lowest BCUT2D eigenvalue weighted by Gasteiger charge is -2.44. The number of amidine groups is 1. The van der Waals surface area contributed by atoms with E-state index in [0.717, 1.165) is 32.1 Å². The van der Waals surface area contributed by atoms with E-state index in [1.807, 2.05) is 0 Å². The average Bonchev–Trinajstić information content (AvgIpc) is 2.65. The summed E-state index contributed by atoms with van der Waals surface area (Å²) in [6, 6.07) is 0.160. The van der Waals surface area contributed by atoms with Crippen molar-refractivity contribution < 1.29 is 5.11 Å². The van der Waals surface area contributed by atoms with Gasteiger partial charge in [-0.15, -0.1) is 11.6 Å². The molecular weight excluding hydrogens is 248 g/mol. The molecule has 3 rings (SSSR count). The van der Waals surface area contributed by atoms with Crippen molar-refractivity contribution in [3.63, 3.8) is 0 Å². The first-order chi connectivity index (χ1) is 8.64. The largest absolute Gasteiger partial charge is 0.385 e. The van der Waals surface area contributed by atoms with Crippen LogP contribution in [0.1, 0.15) is 51.4 Å². The van der Waals surface area contributed by atoms with Crippen LogP contribution in [-0.4, -0.2) is 28.0 Å². The Morgan fingerprint density at radius 1 is 1.11 bits per heavy atom. The molecule has 4 unspecified atom stereocenters. The van der Waals surface area contributed by atoms with Crippen molar-refractivity contribution in [2.24, 2.45) is 22.6 Å². The number of hydrogen-bond donors (Lipinski definition) is 2. The highest BCUT2D eigenvalue weighted by atomic mass is 35.5. The van der Waals surface area contributed by atoms with Gasteiger partial charge in [0.15, 0.2) is 0 Å². The molecule has 2 aliphatic carbocycles. The zero-order valence-electron chi connectivity index (χ0n) is 10.8. The van der Waals surface area contributed by atoms with E-state index in [1.54, 1.807) is 0 Å². The lowest BCUT2D eigenvalue weighted by molar-refractivity contribution is -0.0277. The van der Waals surface area contributed by atoms with Crippen LogP contribution in [-0.2, 0) is 0 Å². The van der Waals surface area contributed by atoms with Gasteiger partial charge < -0.3 is 10.8 Å². The summed E-state index contributed by atoms with van der Waals surface area (Å²) in [6.45, 7) is 0. The third-order valence-electron chi connectivity index (χ3n) is 5.23. The Labute approximate surface area is 114 Å². The van der Waals surface area contributed by atoms with E-state index in [1.165, 1.54) is 19.3 Å². The number of rotatable bonds is 1. The molecule has 4 atom stereocenters. The molecule has 0 aromatic rings. The average molecular weight is 271 g/mol. The van der Waals surface area contributed by atoms with Gasteiger partial charge in [0.2, 0.25) is 0 Å². The van der Waals surface area contributed by atoms with Crippen molar-refractivity contribution in [1.82, 2.24) is 0 Å². The molecule has 3 N–H and O–H groups in total. The topological polar surface area (TPSA) is 58.6 Å². The van der Waals surface area contributed by atoms with Gasteiger partial charge in [0.25, 0.3) is 0 Å². The second-order valence-electron chi connectivity index (χ2n) is 6.21. The van der Waals surface area contributed by atoms with E-state index < -0.39 is 5.60 Å². The molecule has 0 bridgehead atoms. The van der Waals surface area contributed by atoms with Gasteiger partial charge in [0.1, 0.15) is 11.4 Å². The minimum absolute atomic E-state index is 0.0282. The standard InChI is InChI=1S/C14H23ClN2O/c15-10-7-4-8-11-12(10)14(18,13(16)17-11)9-5-2-1-3-6-9/h9-12,18H,1-8H2,(H2,16,17). The monoisotopic (exact) mass is 270 g/mol. The van der Waals surface area contributed by atoms with Crippen LogP contribution < -0.4 is 5.73 Å². The van der Waals surface area contributed by atoms with Gasteiger partial charge in [0, 0.05) is 11.3 Å². The molecule has 0 spiro atoms. The maximum atomic E-state index is 11.2. The molecule has 0 aromatic heterocycles. The number of halogens is 1. The summed E-state index contributed by atoms with van der Waals surface area (Å²) < 4.78 is 0. The van der Waals surface area contributed by atoms with Crippen LogP contribution in [0.3, 0.4) is 0 Å². The third kappa shape index (κ3) is 1.78. The first kappa shape index (κ1) is 12.7. The number of hydrogen-bond acceptors (Lipinski definition) is 3. The molecule has 3 aliphatic rings. The summed E-state index contributed by atoms with van der Waals surface area (Å²) in [5.74, 6) is 0.789. The Bertz CT molecular complexity index is 354. The summed E-state index contributed by atoms with van der Waals surface area (Å²) in [5, 5.41) is 11.2. The molecule has 0 radical (unpaired) electrons. The highest BCUT2D eigenvalue weighted by Gasteiger charge is 2.57. The van der Waals surface area contributed by atoms with Gasteiger partial charge in [-0.1, -0.05) is 19.3 Å². The van der Waals surface area contributed by atoms with Crippen molar-refractivity contribution in [2.45, 2.75) is 68.4 Å². The van der Waals surface area contributed by atoms with E-state index in [9.17, 15) is 5.11 Å². The van der Waals surface area contributed by atoms with Crippen LogP contribution in [0.2, 0.25) is 0 Å². The third-order valence-corrected chi connectivity index (χ3v) is 5.72. The number of alkyl halides is 1. The van der Waals surface area contributed by atoms with Gasteiger partial charge in [0.05, 0.1) is 6.04 Å². The molecule has 0 saturated heterocycles. The Morgan fingerprint density at radius 3 is 2.56 bits per heavy atom. The zero-order chi connectivity index (χ0) is 12.8. The van der Waals surface area contributed by atoms with Gasteiger partial charge in [-0.3, -0.25) is 4.99 Å². The Morgan fingerprint density at radius 2 is 1.83 bits per heavy atom. The normalized spacial score (nSPS) is 45.7. The first-order valence-electron chi connectivity index (χ1n) is 7.34. The summed E-state index contributed by atoms with van der Waals surface area (Å²) in [4.78, 5) is 4.55. The molecular formula is C14H23ClN2O. The summed E-state index contributed by atoms with van der Waals surface area (Å²) >= 11 is 6.50. The highest BCUT2D eigenvalue weighted by Crippen LogP contribution is 2.48. The maximum Gasteiger partial charge on any atom is 0.130 e. The van der Waals surface area contributed by atoms with Crippen molar-refractivity contribution in [1.29, 1.82) is 0 Å². The van der Waals surface area contributed by atoms with Gasteiger partial charge >= 0.3 is 0 Å². The number of nitrogens with zero attached hydrogens (tertiary/aromatic N) is 1. The predicted molar refractivity (Wildman–Crippen MR) is 73.9 cm³/mol. The number of aliphatic hydroxyl groups is 1.